The quantitative estimate of drug-likeness (QED) is 0.612. The van der Waals surface area contributed by atoms with Gasteiger partial charge in [0.25, 0.3) is 0 Å². The topological polar surface area (TPSA) is 20.2 Å². The first kappa shape index (κ1) is 13.3. The van der Waals surface area contributed by atoms with Crippen LogP contribution in [0.25, 0.3) is 0 Å². The molecule has 0 radical (unpaired) electrons. The second-order valence-corrected chi connectivity index (χ2v) is 3.00. The van der Waals surface area contributed by atoms with Gasteiger partial charge in [0.2, 0.25) is 0 Å². The lowest BCUT2D eigenvalue weighted by molar-refractivity contribution is 0.0995. The van der Waals surface area contributed by atoms with E-state index in [9.17, 15) is 0 Å². The summed E-state index contributed by atoms with van der Waals surface area (Å²) in [5.41, 5.74) is -0.0747. The molecule has 1 atom stereocenters. The maximum atomic E-state index is 9.16. The highest BCUT2D eigenvalue weighted by Crippen LogP contribution is 2.21. The first-order valence-corrected chi connectivity index (χ1v) is 4.32. The van der Waals surface area contributed by atoms with E-state index < -0.39 is 0 Å². The van der Waals surface area contributed by atoms with Crippen LogP contribution in [-0.2, 0) is 0 Å². The van der Waals surface area contributed by atoms with Gasteiger partial charge in [0.05, 0.1) is 6.10 Å². The minimum atomic E-state index is -0.270. The summed E-state index contributed by atoms with van der Waals surface area (Å²) in [6.45, 7) is 11.8. The van der Waals surface area contributed by atoms with Crippen LogP contribution < -0.4 is 0 Å². The van der Waals surface area contributed by atoms with E-state index in [1.165, 1.54) is 0 Å². The minimum Gasteiger partial charge on any atom is -0.393 e. The largest absolute Gasteiger partial charge is 0.393 e. The molecule has 0 amide bonds. The molecule has 0 saturated carbocycles. The predicted octanol–water partition coefficient (Wildman–Crippen LogP) is 3.00. The van der Waals surface area contributed by atoms with Crippen LogP contribution in [0, 0.1) is 5.41 Å². The normalized spacial score (nSPS) is 14.1. The monoisotopic (exact) mass is 158 g/mol. The van der Waals surface area contributed by atoms with Crippen LogP contribution in [0.3, 0.4) is 0 Å². The highest BCUT2D eigenvalue weighted by molar-refractivity contribution is 4.95. The number of hydrogen-bond donors (Lipinski definition) is 1. The smallest absolute Gasteiger partial charge is 0.0597 e. The summed E-state index contributed by atoms with van der Waals surface area (Å²) in [6.07, 6.45) is 3.71. The van der Waals surface area contributed by atoms with Crippen LogP contribution in [0.2, 0.25) is 0 Å². The van der Waals surface area contributed by atoms with Crippen LogP contribution in [-0.4, -0.2) is 11.2 Å². The molecule has 0 aliphatic carbocycles. The third kappa shape index (κ3) is 6.11. The molecule has 0 aliphatic rings. The Bertz CT molecular complexity index is 101. The Balaban J connectivity index is 0. The number of aliphatic hydroxyl groups excluding tert-OH is 1. The fraction of sp³-hybridized carbons (Fsp3) is 0.800. The van der Waals surface area contributed by atoms with Gasteiger partial charge in [0.1, 0.15) is 0 Å². The van der Waals surface area contributed by atoms with E-state index in [1.807, 2.05) is 46.8 Å². The maximum absolute atomic E-state index is 9.16. The molecular formula is C10H22O. The molecule has 0 aromatic rings. The molecular weight excluding hydrogens is 136 g/mol. The van der Waals surface area contributed by atoms with Crippen molar-refractivity contribution in [2.24, 2.45) is 5.41 Å². The summed E-state index contributed by atoms with van der Waals surface area (Å²) >= 11 is 0. The van der Waals surface area contributed by atoms with Gasteiger partial charge in [-0.2, -0.15) is 0 Å². The third-order valence-corrected chi connectivity index (χ3v) is 1.67. The van der Waals surface area contributed by atoms with E-state index in [2.05, 4.69) is 0 Å². The highest BCUT2D eigenvalue weighted by atomic mass is 16.3. The number of aliphatic hydroxyl groups is 1. The van der Waals surface area contributed by atoms with E-state index in [4.69, 9.17) is 5.11 Å². The first-order chi connectivity index (χ1) is 5.00. The molecule has 0 rings (SSSR count). The zero-order chi connectivity index (χ0) is 9.49. The summed E-state index contributed by atoms with van der Waals surface area (Å²) in [7, 11) is 0. The lowest BCUT2D eigenvalue weighted by Gasteiger charge is -2.23. The summed E-state index contributed by atoms with van der Waals surface area (Å²) in [6, 6.07) is 0. The average molecular weight is 158 g/mol. The summed E-state index contributed by atoms with van der Waals surface area (Å²) in [5, 5.41) is 9.16. The van der Waals surface area contributed by atoms with E-state index >= 15 is 0 Å². The molecule has 1 N–H and O–H groups in total. The van der Waals surface area contributed by atoms with Crippen molar-refractivity contribution in [2.45, 2.75) is 47.6 Å². The maximum Gasteiger partial charge on any atom is 0.0597 e. The van der Waals surface area contributed by atoms with E-state index in [-0.39, 0.29) is 11.5 Å². The Morgan fingerprint density at radius 2 is 1.64 bits per heavy atom. The zero-order valence-corrected chi connectivity index (χ0v) is 8.68. The number of rotatable bonds is 2. The van der Waals surface area contributed by atoms with E-state index in [1.54, 1.807) is 6.92 Å². The Kier molecular flexibility index (Phi) is 7.75. The fourth-order valence-corrected chi connectivity index (χ4v) is 0.569. The van der Waals surface area contributed by atoms with Crippen molar-refractivity contribution in [3.05, 3.63) is 12.2 Å². The summed E-state index contributed by atoms with van der Waals surface area (Å²) in [4.78, 5) is 0. The second-order valence-electron chi connectivity index (χ2n) is 3.00. The van der Waals surface area contributed by atoms with Crippen molar-refractivity contribution in [2.75, 3.05) is 0 Å². The van der Waals surface area contributed by atoms with Crippen LogP contribution in [0.4, 0.5) is 0 Å². The average Bonchev–Trinajstić information content (AvgIpc) is 1.92. The molecule has 0 bridgehead atoms. The molecule has 0 spiro atoms. The van der Waals surface area contributed by atoms with Crippen LogP contribution in [0.1, 0.15) is 41.5 Å². The lowest BCUT2D eigenvalue weighted by Crippen LogP contribution is -2.23. The van der Waals surface area contributed by atoms with E-state index in [0.717, 1.165) is 0 Å². The van der Waals surface area contributed by atoms with Crippen molar-refractivity contribution < 1.29 is 5.11 Å². The number of hydrogen-bond acceptors (Lipinski definition) is 1. The molecule has 1 heteroatoms. The molecule has 11 heavy (non-hydrogen) atoms. The van der Waals surface area contributed by atoms with Crippen molar-refractivity contribution >= 4 is 0 Å². The molecule has 68 valence electrons. The predicted molar refractivity (Wildman–Crippen MR) is 51.6 cm³/mol. The van der Waals surface area contributed by atoms with Crippen molar-refractivity contribution in [1.29, 1.82) is 0 Å². The molecule has 0 aliphatic heterocycles. The first-order valence-electron chi connectivity index (χ1n) is 4.32. The Labute approximate surface area is 71.1 Å². The zero-order valence-electron chi connectivity index (χ0n) is 8.68. The van der Waals surface area contributed by atoms with Gasteiger partial charge in [-0.25, -0.2) is 0 Å². The molecule has 0 aromatic carbocycles. The van der Waals surface area contributed by atoms with Gasteiger partial charge in [0, 0.05) is 5.41 Å². The van der Waals surface area contributed by atoms with Gasteiger partial charge in [-0.05, 0) is 13.8 Å². The molecule has 0 heterocycles. The van der Waals surface area contributed by atoms with Gasteiger partial charge in [0.15, 0.2) is 0 Å². The van der Waals surface area contributed by atoms with Gasteiger partial charge in [-0.3, -0.25) is 0 Å². The van der Waals surface area contributed by atoms with Crippen LogP contribution in [0.5, 0.6) is 0 Å². The minimum absolute atomic E-state index is 0.0747. The second kappa shape index (κ2) is 6.41. The highest BCUT2D eigenvalue weighted by Gasteiger charge is 2.19. The van der Waals surface area contributed by atoms with E-state index in [0.29, 0.717) is 0 Å². The van der Waals surface area contributed by atoms with Gasteiger partial charge in [-0.15, -0.1) is 0 Å². The molecule has 0 aromatic heterocycles. The fourth-order valence-electron chi connectivity index (χ4n) is 0.569. The summed E-state index contributed by atoms with van der Waals surface area (Å²) < 4.78 is 0. The number of allylic oxidation sites excluding steroid dienone is 1. The molecule has 1 unspecified atom stereocenters. The van der Waals surface area contributed by atoms with Gasteiger partial charge >= 0.3 is 0 Å². The lowest BCUT2D eigenvalue weighted by atomic mass is 9.87. The standard InChI is InChI=1S/C8H16O.C2H6/c1-5-6-8(3,4)7(2)9;1-2/h5-7,9H,1-4H3;1-2H3. The molecule has 0 saturated heterocycles. The SMILES string of the molecule is CC.CC=CC(C)(C)C(C)O. The Morgan fingerprint density at radius 3 is 1.73 bits per heavy atom. The van der Waals surface area contributed by atoms with Crippen LogP contribution in [0.15, 0.2) is 12.2 Å². The van der Waals surface area contributed by atoms with Crippen molar-refractivity contribution in [3.8, 4) is 0 Å². The van der Waals surface area contributed by atoms with Crippen molar-refractivity contribution in [1.82, 2.24) is 0 Å². The summed E-state index contributed by atoms with van der Waals surface area (Å²) in [5.74, 6) is 0. The van der Waals surface area contributed by atoms with Gasteiger partial charge in [-0.1, -0.05) is 39.8 Å². The molecule has 1 nitrogen and oxygen atoms in total. The molecule has 0 fully saturated rings. The Hall–Kier alpha value is -0.300. The third-order valence-electron chi connectivity index (χ3n) is 1.67. The Morgan fingerprint density at radius 1 is 1.27 bits per heavy atom. The van der Waals surface area contributed by atoms with Crippen LogP contribution >= 0.6 is 0 Å². The van der Waals surface area contributed by atoms with Crippen molar-refractivity contribution in [3.63, 3.8) is 0 Å². The van der Waals surface area contributed by atoms with Gasteiger partial charge < -0.3 is 5.11 Å².